The molecule has 0 aliphatic rings. The predicted molar refractivity (Wildman–Crippen MR) is 39.6 cm³/mol. The second-order valence-corrected chi connectivity index (χ2v) is 2.37. The molecule has 1 aromatic heterocycles. The molecule has 1 heteroatoms. The van der Waals surface area contributed by atoms with E-state index in [9.17, 15) is 0 Å². The van der Waals surface area contributed by atoms with Gasteiger partial charge in [0, 0.05) is 18.4 Å². The lowest BCUT2D eigenvalue weighted by Crippen LogP contribution is -1.93. The van der Waals surface area contributed by atoms with Gasteiger partial charge in [0.25, 0.3) is 0 Å². The Morgan fingerprint density at radius 3 is 2.33 bits per heavy atom. The van der Waals surface area contributed by atoms with Crippen LogP contribution in [0.3, 0.4) is 0 Å². The van der Waals surface area contributed by atoms with Gasteiger partial charge in [-0.15, -0.1) is 0 Å². The summed E-state index contributed by atoms with van der Waals surface area (Å²) in [5.41, 5.74) is 2.77. The molecule has 0 bridgehead atoms. The second-order valence-electron chi connectivity index (χ2n) is 2.37. The van der Waals surface area contributed by atoms with E-state index in [1.165, 1.54) is 11.3 Å². The van der Waals surface area contributed by atoms with Gasteiger partial charge >= 0.3 is 0 Å². The van der Waals surface area contributed by atoms with Crippen molar-refractivity contribution in [3.05, 3.63) is 23.5 Å². The van der Waals surface area contributed by atoms with Gasteiger partial charge in [-0.25, -0.2) is 0 Å². The van der Waals surface area contributed by atoms with Gasteiger partial charge in [0.15, 0.2) is 0 Å². The van der Waals surface area contributed by atoms with Crippen molar-refractivity contribution in [2.75, 3.05) is 0 Å². The van der Waals surface area contributed by atoms with Crippen LogP contribution in [0.5, 0.6) is 0 Å². The number of hydrogen-bond donors (Lipinski definition) is 0. The van der Waals surface area contributed by atoms with Gasteiger partial charge in [-0.05, 0) is 32.4 Å². The Morgan fingerprint density at radius 2 is 2.11 bits per heavy atom. The van der Waals surface area contributed by atoms with E-state index in [1.54, 1.807) is 0 Å². The maximum Gasteiger partial charge on any atom is 0.0193 e. The number of rotatable bonds is 1. The summed E-state index contributed by atoms with van der Waals surface area (Å²) >= 11 is 0. The summed E-state index contributed by atoms with van der Waals surface area (Å²) in [5.74, 6) is 0. The summed E-state index contributed by atoms with van der Waals surface area (Å²) in [6.07, 6.45) is 2.13. The summed E-state index contributed by atoms with van der Waals surface area (Å²) in [6.45, 7) is 7.53. The molecule has 1 nitrogen and oxygen atoms in total. The first-order chi connectivity index (χ1) is 4.25. The Hall–Kier alpha value is -0.720. The van der Waals surface area contributed by atoms with E-state index in [2.05, 4.69) is 37.6 Å². The average molecular weight is 123 g/mol. The van der Waals surface area contributed by atoms with Gasteiger partial charge in [0.05, 0.1) is 0 Å². The topological polar surface area (TPSA) is 4.93 Å². The molecule has 0 saturated carbocycles. The summed E-state index contributed by atoms with van der Waals surface area (Å²) < 4.78 is 2.25. The Kier molecular flexibility index (Phi) is 1.60. The largest absolute Gasteiger partial charge is 0.352 e. The molecule has 0 N–H and O–H groups in total. The molecule has 0 aromatic carbocycles. The minimum Gasteiger partial charge on any atom is -0.352 e. The van der Waals surface area contributed by atoms with E-state index < -0.39 is 0 Å². The van der Waals surface area contributed by atoms with E-state index in [1.807, 2.05) is 0 Å². The molecule has 9 heavy (non-hydrogen) atoms. The summed E-state index contributed by atoms with van der Waals surface area (Å²) in [4.78, 5) is 0. The molecule has 0 aliphatic carbocycles. The molecule has 0 aliphatic heterocycles. The Bertz CT molecular complexity index is 198. The molecule has 0 amide bonds. The molecule has 50 valence electrons. The van der Waals surface area contributed by atoms with E-state index in [0.29, 0.717) is 0 Å². The molecular formula is C8H13N. The highest BCUT2D eigenvalue weighted by atomic mass is 14.9. The highest BCUT2D eigenvalue weighted by Crippen LogP contribution is 2.06. The molecule has 1 rings (SSSR count). The molecule has 0 unspecified atom stereocenters. The SMILES string of the molecule is CCn1ccc(C)c1C. The number of aryl methyl sites for hydroxylation is 2. The van der Waals surface area contributed by atoms with Crippen molar-refractivity contribution in [1.29, 1.82) is 0 Å². The van der Waals surface area contributed by atoms with Crippen molar-refractivity contribution in [2.24, 2.45) is 0 Å². The first-order valence-corrected chi connectivity index (χ1v) is 3.38. The van der Waals surface area contributed by atoms with Gasteiger partial charge in [-0.2, -0.15) is 0 Å². The van der Waals surface area contributed by atoms with Gasteiger partial charge in [0.2, 0.25) is 0 Å². The van der Waals surface area contributed by atoms with Crippen LogP contribution < -0.4 is 0 Å². The maximum atomic E-state index is 2.25. The van der Waals surface area contributed by atoms with Gasteiger partial charge in [-0.3, -0.25) is 0 Å². The number of aromatic nitrogens is 1. The molecule has 0 radical (unpaired) electrons. The summed E-state index contributed by atoms with van der Waals surface area (Å²) in [5, 5.41) is 0. The van der Waals surface area contributed by atoms with Crippen LogP contribution in [0.4, 0.5) is 0 Å². The normalized spacial score (nSPS) is 10.1. The first kappa shape index (κ1) is 6.40. The van der Waals surface area contributed by atoms with E-state index in [4.69, 9.17) is 0 Å². The summed E-state index contributed by atoms with van der Waals surface area (Å²) in [7, 11) is 0. The smallest absolute Gasteiger partial charge is 0.0193 e. The zero-order chi connectivity index (χ0) is 6.85. The number of hydrogen-bond acceptors (Lipinski definition) is 0. The number of nitrogens with zero attached hydrogens (tertiary/aromatic N) is 1. The van der Waals surface area contributed by atoms with Crippen molar-refractivity contribution in [2.45, 2.75) is 27.3 Å². The van der Waals surface area contributed by atoms with Crippen molar-refractivity contribution >= 4 is 0 Å². The van der Waals surface area contributed by atoms with Crippen LogP contribution in [0, 0.1) is 13.8 Å². The quantitative estimate of drug-likeness (QED) is 0.539. The van der Waals surface area contributed by atoms with Crippen molar-refractivity contribution in [3.8, 4) is 0 Å². The fraction of sp³-hybridized carbons (Fsp3) is 0.500. The van der Waals surface area contributed by atoms with Crippen LogP contribution in [0.2, 0.25) is 0 Å². The van der Waals surface area contributed by atoms with Crippen LogP contribution in [0.15, 0.2) is 12.3 Å². The fourth-order valence-electron chi connectivity index (χ4n) is 1.00. The van der Waals surface area contributed by atoms with E-state index in [0.717, 1.165) is 6.54 Å². The maximum absolute atomic E-state index is 2.25. The monoisotopic (exact) mass is 123 g/mol. The molecule has 0 fully saturated rings. The third-order valence-corrected chi connectivity index (χ3v) is 1.85. The highest BCUT2D eigenvalue weighted by molar-refractivity contribution is 5.18. The van der Waals surface area contributed by atoms with Crippen LogP contribution in [-0.2, 0) is 6.54 Å². The molecular weight excluding hydrogens is 110 g/mol. The lowest BCUT2D eigenvalue weighted by molar-refractivity contribution is 0.740. The summed E-state index contributed by atoms with van der Waals surface area (Å²) in [6, 6.07) is 2.15. The van der Waals surface area contributed by atoms with Crippen LogP contribution in [-0.4, -0.2) is 4.57 Å². The molecule has 0 spiro atoms. The van der Waals surface area contributed by atoms with E-state index >= 15 is 0 Å². The Labute approximate surface area is 56.3 Å². The van der Waals surface area contributed by atoms with Gasteiger partial charge in [-0.1, -0.05) is 0 Å². The zero-order valence-electron chi connectivity index (χ0n) is 6.31. The standard InChI is InChI=1S/C8H13N/c1-4-9-6-5-7(2)8(9)3/h5-6H,4H2,1-3H3. The fourth-order valence-corrected chi connectivity index (χ4v) is 1.00. The van der Waals surface area contributed by atoms with Crippen LogP contribution in [0.1, 0.15) is 18.2 Å². The van der Waals surface area contributed by atoms with Crippen LogP contribution in [0.25, 0.3) is 0 Å². The lowest BCUT2D eigenvalue weighted by Gasteiger charge is -1.99. The van der Waals surface area contributed by atoms with Crippen molar-refractivity contribution < 1.29 is 0 Å². The molecule has 1 aromatic rings. The van der Waals surface area contributed by atoms with Gasteiger partial charge < -0.3 is 4.57 Å². The molecule has 0 saturated heterocycles. The predicted octanol–water partition coefficient (Wildman–Crippen LogP) is 2.12. The Morgan fingerprint density at radius 1 is 1.44 bits per heavy atom. The second kappa shape index (κ2) is 2.26. The third-order valence-electron chi connectivity index (χ3n) is 1.85. The average Bonchev–Trinajstić information content (AvgIpc) is 2.15. The molecule has 0 atom stereocenters. The van der Waals surface area contributed by atoms with Crippen molar-refractivity contribution in [3.63, 3.8) is 0 Å². The third kappa shape index (κ3) is 0.995. The van der Waals surface area contributed by atoms with Crippen LogP contribution >= 0.6 is 0 Å². The minimum atomic E-state index is 1.08. The lowest BCUT2D eigenvalue weighted by atomic mass is 10.3. The highest BCUT2D eigenvalue weighted by Gasteiger charge is 1.95. The first-order valence-electron chi connectivity index (χ1n) is 3.38. The molecule has 1 heterocycles. The zero-order valence-corrected chi connectivity index (χ0v) is 6.31. The Balaban J connectivity index is 3.04. The minimum absolute atomic E-state index is 1.08. The van der Waals surface area contributed by atoms with Crippen molar-refractivity contribution in [1.82, 2.24) is 4.57 Å². The van der Waals surface area contributed by atoms with Gasteiger partial charge in [0.1, 0.15) is 0 Å². The van der Waals surface area contributed by atoms with E-state index in [-0.39, 0.29) is 0 Å².